The van der Waals surface area contributed by atoms with Crippen molar-refractivity contribution in [2.45, 2.75) is 19.3 Å². The zero-order valence-corrected chi connectivity index (χ0v) is 15.8. The summed E-state index contributed by atoms with van der Waals surface area (Å²) in [6.07, 6.45) is 1.33. The molecule has 0 aliphatic rings. The molecule has 0 aliphatic heterocycles. The minimum atomic E-state index is -0.636. The van der Waals surface area contributed by atoms with Gasteiger partial charge in [-0.2, -0.15) is 0 Å². The number of amides is 1. The number of carbonyl (C=O) groups is 1. The van der Waals surface area contributed by atoms with Gasteiger partial charge in [0.1, 0.15) is 5.65 Å². The van der Waals surface area contributed by atoms with E-state index in [4.69, 9.17) is 0 Å². The summed E-state index contributed by atoms with van der Waals surface area (Å²) in [7, 11) is 0. The van der Waals surface area contributed by atoms with Crippen molar-refractivity contribution in [1.29, 1.82) is 0 Å². The van der Waals surface area contributed by atoms with Crippen LogP contribution < -0.4 is 16.6 Å². The lowest BCUT2D eigenvalue weighted by Gasteiger charge is -2.25. The molecule has 1 aromatic carbocycles. The van der Waals surface area contributed by atoms with E-state index in [1.165, 1.54) is 12.3 Å². The summed E-state index contributed by atoms with van der Waals surface area (Å²) in [5, 5.41) is 3.03. The van der Waals surface area contributed by atoms with Crippen molar-refractivity contribution in [1.82, 2.24) is 20.3 Å². The number of aromatic amines is 2. The Balaban J connectivity index is 1.79. The fraction of sp³-hybridized carbons (Fsp3) is 0.222. The lowest BCUT2D eigenvalue weighted by Crippen LogP contribution is -2.36. The van der Waals surface area contributed by atoms with Crippen LogP contribution in [0.4, 0.5) is 0 Å². The number of rotatable bonds is 4. The minimum Gasteiger partial charge on any atom is -0.351 e. The number of H-pyrrole nitrogens is 2. The molecule has 0 bridgehead atoms. The van der Waals surface area contributed by atoms with Gasteiger partial charge in [-0.15, -0.1) is 0 Å². The topological polar surface area (TPSA) is 108 Å². The number of hydrogen-bond donors (Lipinski definition) is 3. The van der Waals surface area contributed by atoms with Crippen LogP contribution in [0.3, 0.4) is 0 Å². The number of benzene rings is 1. The molecule has 1 amide bonds. The third-order valence-electron chi connectivity index (χ3n) is 4.17. The smallest absolute Gasteiger partial charge is 0.327 e. The Hall–Kier alpha value is -2.74. The van der Waals surface area contributed by atoms with E-state index in [0.29, 0.717) is 6.54 Å². The van der Waals surface area contributed by atoms with E-state index >= 15 is 0 Å². The largest absolute Gasteiger partial charge is 0.351 e. The fourth-order valence-corrected chi connectivity index (χ4v) is 2.84. The van der Waals surface area contributed by atoms with Crippen molar-refractivity contribution in [3.8, 4) is 0 Å². The summed E-state index contributed by atoms with van der Waals surface area (Å²) in [5.41, 5.74) is -0.00747. The predicted molar refractivity (Wildman–Crippen MR) is 102 cm³/mol. The van der Waals surface area contributed by atoms with Gasteiger partial charge >= 0.3 is 5.69 Å². The Labute approximate surface area is 157 Å². The monoisotopic (exact) mass is 416 g/mol. The zero-order valence-electron chi connectivity index (χ0n) is 14.2. The standard InChI is InChI=1S/C18H17BrN4O3/c1-18(2,11-3-5-12(19)6-4-11)9-21-15(24)10-7-13-14(20-8-10)22-17(26)23-16(13)25/h3-8H,9H2,1-2H3,(H,21,24)(H2,20,22,23,25,26). The number of halogens is 1. The van der Waals surface area contributed by atoms with Crippen LogP contribution in [0, 0.1) is 0 Å². The molecule has 134 valence electrons. The summed E-state index contributed by atoms with van der Waals surface area (Å²) < 4.78 is 0.992. The van der Waals surface area contributed by atoms with Gasteiger partial charge in [-0.25, -0.2) is 9.78 Å². The van der Waals surface area contributed by atoms with Crippen LogP contribution in [-0.2, 0) is 5.41 Å². The summed E-state index contributed by atoms with van der Waals surface area (Å²) in [6.45, 7) is 4.47. The summed E-state index contributed by atoms with van der Waals surface area (Å²) in [4.78, 5) is 44.1. The maximum atomic E-state index is 12.5. The lowest BCUT2D eigenvalue weighted by atomic mass is 9.84. The second-order valence-corrected chi connectivity index (χ2v) is 7.52. The third-order valence-corrected chi connectivity index (χ3v) is 4.70. The Bertz CT molecular complexity index is 1080. The van der Waals surface area contributed by atoms with Crippen LogP contribution in [-0.4, -0.2) is 27.4 Å². The molecule has 0 radical (unpaired) electrons. The number of nitrogens with one attached hydrogen (secondary N) is 3. The van der Waals surface area contributed by atoms with Gasteiger partial charge in [0, 0.05) is 22.6 Å². The van der Waals surface area contributed by atoms with E-state index in [1.54, 1.807) is 0 Å². The molecule has 2 heterocycles. The molecule has 0 spiro atoms. The molecule has 0 saturated heterocycles. The molecule has 3 N–H and O–H groups in total. The van der Waals surface area contributed by atoms with Gasteiger partial charge in [-0.3, -0.25) is 19.6 Å². The average molecular weight is 417 g/mol. The minimum absolute atomic E-state index is 0.144. The van der Waals surface area contributed by atoms with Gasteiger partial charge in [0.2, 0.25) is 0 Å². The fourth-order valence-electron chi connectivity index (χ4n) is 2.58. The van der Waals surface area contributed by atoms with Crippen molar-refractivity contribution >= 4 is 32.9 Å². The molecule has 0 atom stereocenters. The summed E-state index contributed by atoms with van der Waals surface area (Å²) in [5.74, 6) is -0.338. The van der Waals surface area contributed by atoms with Crippen molar-refractivity contribution in [3.05, 3.63) is 73.0 Å². The molecule has 3 rings (SSSR count). The first-order valence-electron chi connectivity index (χ1n) is 7.93. The Morgan fingerprint density at radius 1 is 1.19 bits per heavy atom. The highest BCUT2D eigenvalue weighted by atomic mass is 79.9. The number of aromatic nitrogens is 3. The molecule has 0 unspecified atom stereocenters. The van der Waals surface area contributed by atoms with Crippen LogP contribution in [0.2, 0.25) is 0 Å². The van der Waals surface area contributed by atoms with Gasteiger partial charge < -0.3 is 5.32 Å². The van der Waals surface area contributed by atoms with Gasteiger partial charge in [0.15, 0.2) is 0 Å². The van der Waals surface area contributed by atoms with Crippen molar-refractivity contribution < 1.29 is 4.79 Å². The molecule has 0 aliphatic carbocycles. The zero-order chi connectivity index (χ0) is 18.9. The van der Waals surface area contributed by atoms with E-state index in [2.05, 4.69) is 36.2 Å². The highest BCUT2D eigenvalue weighted by Crippen LogP contribution is 2.24. The van der Waals surface area contributed by atoms with E-state index < -0.39 is 11.2 Å². The van der Waals surface area contributed by atoms with Crippen LogP contribution in [0.15, 0.2) is 50.6 Å². The summed E-state index contributed by atoms with van der Waals surface area (Å²) in [6, 6.07) is 9.34. The number of carbonyl (C=O) groups excluding carboxylic acids is 1. The Morgan fingerprint density at radius 2 is 1.88 bits per heavy atom. The van der Waals surface area contributed by atoms with Gasteiger partial charge in [-0.1, -0.05) is 41.9 Å². The van der Waals surface area contributed by atoms with Crippen molar-refractivity contribution in [2.24, 2.45) is 0 Å². The second kappa shape index (κ2) is 6.87. The van der Waals surface area contributed by atoms with Crippen molar-refractivity contribution in [2.75, 3.05) is 6.54 Å². The molecular weight excluding hydrogens is 400 g/mol. The maximum absolute atomic E-state index is 12.5. The molecule has 3 aromatic rings. The number of nitrogens with zero attached hydrogens (tertiary/aromatic N) is 1. The first-order chi connectivity index (χ1) is 12.3. The SMILES string of the molecule is CC(C)(CNC(=O)c1cnc2[nH]c(=O)[nH]c(=O)c2c1)c1ccc(Br)cc1. The predicted octanol–water partition coefficient (Wildman–Crippen LogP) is 2.08. The molecule has 2 aromatic heterocycles. The molecule has 0 saturated carbocycles. The summed E-state index contributed by atoms with van der Waals surface area (Å²) >= 11 is 3.41. The average Bonchev–Trinajstić information content (AvgIpc) is 2.60. The Morgan fingerprint density at radius 3 is 2.58 bits per heavy atom. The molecule has 26 heavy (non-hydrogen) atoms. The van der Waals surface area contributed by atoms with Crippen LogP contribution in [0.1, 0.15) is 29.8 Å². The third kappa shape index (κ3) is 3.75. The second-order valence-electron chi connectivity index (χ2n) is 6.60. The van der Waals surface area contributed by atoms with Crippen molar-refractivity contribution in [3.63, 3.8) is 0 Å². The molecule has 0 fully saturated rings. The highest BCUT2D eigenvalue weighted by molar-refractivity contribution is 9.10. The highest BCUT2D eigenvalue weighted by Gasteiger charge is 2.22. The molecular formula is C18H17BrN4O3. The number of fused-ring (bicyclic) bond motifs is 1. The normalized spacial score (nSPS) is 11.5. The molecule has 8 heteroatoms. The number of hydrogen-bond acceptors (Lipinski definition) is 4. The van der Waals surface area contributed by atoms with E-state index in [1.807, 2.05) is 38.1 Å². The first kappa shape index (κ1) is 18.1. The van der Waals surface area contributed by atoms with Crippen LogP contribution >= 0.6 is 15.9 Å². The van der Waals surface area contributed by atoms with Gasteiger partial charge in [-0.05, 0) is 23.8 Å². The van der Waals surface area contributed by atoms with Gasteiger partial charge in [0.05, 0.1) is 10.9 Å². The quantitative estimate of drug-likeness (QED) is 0.604. The van der Waals surface area contributed by atoms with E-state index in [0.717, 1.165) is 10.0 Å². The van der Waals surface area contributed by atoms with E-state index in [9.17, 15) is 14.4 Å². The molecule has 7 nitrogen and oxygen atoms in total. The van der Waals surface area contributed by atoms with Gasteiger partial charge in [0.25, 0.3) is 11.5 Å². The number of pyridine rings is 1. The lowest BCUT2D eigenvalue weighted by molar-refractivity contribution is 0.0945. The van der Waals surface area contributed by atoms with E-state index in [-0.39, 0.29) is 27.9 Å². The maximum Gasteiger partial charge on any atom is 0.327 e. The van der Waals surface area contributed by atoms with Crippen LogP contribution in [0.25, 0.3) is 11.0 Å². The first-order valence-corrected chi connectivity index (χ1v) is 8.72. The van der Waals surface area contributed by atoms with Crippen LogP contribution in [0.5, 0.6) is 0 Å². The Kier molecular flexibility index (Phi) is 4.78.